The number of aryl methyl sites for hydroxylation is 1. The summed E-state index contributed by atoms with van der Waals surface area (Å²) in [6.45, 7) is 8.08. The van der Waals surface area contributed by atoms with Crippen LogP contribution in [0.4, 0.5) is 0 Å². The molecule has 1 aromatic carbocycles. The molecule has 0 atom stereocenters. The lowest BCUT2D eigenvalue weighted by Crippen LogP contribution is -2.27. The lowest BCUT2D eigenvalue weighted by molar-refractivity contribution is 0.243. The van der Waals surface area contributed by atoms with Crippen molar-refractivity contribution in [3.63, 3.8) is 0 Å². The van der Waals surface area contributed by atoms with E-state index < -0.39 is 0 Å². The Hall–Kier alpha value is -2.46. The molecule has 0 aliphatic heterocycles. The first-order chi connectivity index (χ1) is 13.0. The SMILES string of the molecule is Cc1ccn2c(=O)cc(CN(Cc3ccc(C(C)C)cc3)C3CC3)nc2c1. The third-order valence-corrected chi connectivity index (χ3v) is 5.34. The topological polar surface area (TPSA) is 37.6 Å². The molecule has 140 valence electrons. The van der Waals surface area contributed by atoms with Crippen LogP contribution in [0.3, 0.4) is 0 Å². The van der Waals surface area contributed by atoms with Gasteiger partial charge in [0.25, 0.3) is 5.56 Å². The van der Waals surface area contributed by atoms with Gasteiger partial charge >= 0.3 is 0 Å². The summed E-state index contributed by atoms with van der Waals surface area (Å²) in [6.07, 6.45) is 4.27. The van der Waals surface area contributed by atoms with Gasteiger partial charge in [0.1, 0.15) is 5.65 Å². The summed E-state index contributed by atoms with van der Waals surface area (Å²) >= 11 is 0. The standard InChI is InChI=1S/C23H27N3O/c1-16(2)19-6-4-18(5-7-19)14-25(21-8-9-21)15-20-13-23(27)26-11-10-17(3)12-22(26)24-20/h4-7,10-13,16,21H,8-9,14-15H2,1-3H3. The van der Waals surface area contributed by atoms with Crippen LogP contribution in [0.5, 0.6) is 0 Å². The summed E-state index contributed by atoms with van der Waals surface area (Å²) in [7, 11) is 0. The number of rotatable bonds is 6. The highest BCUT2D eigenvalue weighted by Gasteiger charge is 2.29. The quantitative estimate of drug-likeness (QED) is 0.657. The molecule has 3 aromatic rings. The van der Waals surface area contributed by atoms with Crippen LogP contribution in [0, 0.1) is 6.92 Å². The minimum Gasteiger partial charge on any atom is -0.290 e. The molecule has 2 aromatic heterocycles. The molecule has 1 aliphatic rings. The second-order valence-corrected chi connectivity index (χ2v) is 8.05. The van der Waals surface area contributed by atoms with Crippen LogP contribution < -0.4 is 5.56 Å². The van der Waals surface area contributed by atoms with E-state index in [1.54, 1.807) is 16.7 Å². The van der Waals surface area contributed by atoms with Gasteiger partial charge in [-0.05, 0) is 54.5 Å². The lowest BCUT2D eigenvalue weighted by Gasteiger charge is -2.22. The minimum atomic E-state index is -0.00738. The molecule has 0 saturated heterocycles. The molecule has 0 spiro atoms. The summed E-state index contributed by atoms with van der Waals surface area (Å²) in [4.78, 5) is 19.6. The zero-order valence-corrected chi connectivity index (χ0v) is 16.4. The maximum absolute atomic E-state index is 12.4. The van der Waals surface area contributed by atoms with Gasteiger partial charge in [-0.2, -0.15) is 0 Å². The third kappa shape index (κ3) is 4.11. The van der Waals surface area contributed by atoms with Crippen LogP contribution >= 0.6 is 0 Å². The highest BCUT2D eigenvalue weighted by atomic mass is 16.1. The van der Waals surface area contributed by atoms with Crippen molar-refractivity contribution < 1.29 is 0 Å². The summed E-state index contributed by atoms with van der Waals surface area (Å²) in [5, 5.41) is 0. The maximum atomic E-state index is 12.4. The summed E-state index contributed by atoms with van der Waals surface area (Å²) in [5.41, 5.74) is 5.39. The van der Waals surface area contributed by atoms with Gasteiger partial charge in [0.15, 0.2) is 0 Å². The molecule has 0 radical (unpaired) electrons. The van der Waals surface area contributed by atoms with Crippen LogP contribution in [-0.4, -0.2) is 20.3 Å². The number of hydrogen-bond donors (Lipinski definition) is 0. The average molecular weight is 361 g/mol. The van der Waals surface area contributed by atoms with Crippen molar-refractivity contribution >= 4 is 5.65 Å². The van der Waals surface area contributed by atoms with Crippen molar-refractivity contribution in [2.24, 2.45) is 0 Å². The summed E-state index contributed by atoms with van der Waals surface area (Å²) in [5.74, 6) is 0.553. The predicted octanol–water partition coefficient (Wildman–Crippen LogP) is 4.29. The van der Waals surface area contributed by atoms with Crippen molar-refractivity contribution in [3.05, 3.63) is 81.4 Å². The van der Waals surface area contributed by atoms with Crippen molar-refractivity contribution in [2.45, 2.75) is 58.7 Å². The molecule has 27 heavy (non-hydrogen) atoms. The number of hydrogen-bond acceptors (Lipinski definition) is 3. The van der Waals surface area contributed by atoms with Gasteiger partial charge in [-0.25, -0.2) is 4.98 Å². The van der Waals surface area contributed by atoms with Gasteiger partial charge in [-0.3, -0.25) is 14.1 Å². The van der Waals surface area contributed by atoms with Gasteiger partial charge in [0.2, 0.25) is 0 Å². The molecule has 0 bridgehead atoms. The Morgan fingerprint density at radius 3 is 2.52 bits per heavy atom. The zero-order valence-electron chi connectivity index (χ0n) is 16.4. The second-order valence-electron chi connectivity index (χ2n) is 8.05. The molecular formula is C23H27N3O. The number of benzene rings is 1. The molecule has 4 rings (SSSR count). The van der Waals surface area contributed by atoms with E-state index in [1.807, 2.05) is 19.1 Å². The molecule has 1 saturated carbocycles. The maximum Gasteiger partial charge on any atom is 0.258 e. The van der Waals surface area contributed by atoms with Crippen LogP contribution in [0.1, 0.15) is 55.0 Å². The molecule has 0 amide bonds. The average Bonchev–Trinajstić information content (AvgIpc) is 3.46. The fourth-order valence-electron chi connectivity index (χ4n) is 3.54. The number of fused-ring (bicyclic) bond motifs is 1. The highest BCUT2D eigenvalue weighted by Crippen LogP contribution is 2.29. The van der Waals surface area contributed by atoms with E-state index in [0.717, 1.165) is 30.0 Å². The van der Waals surface area contributed by atoms with Crippen LogP contribution in [-0.2, 0) is 13.1 Å². The molecule has 2 heterocycles. The monoisotopic (exact) mass is 361 g/mol. The summed E-state index contributed by atoms with van der Waals surface area (Å²) < 4.78 is 1.61. The first-order valence-corrected chi connectivity index (χ1v) is 9.81. The predicted molar refractivity (Wildman–Crippen MR) is 109 cm³/mol. The van der Waals surface area contributed by atoms with Gasteiger partial charge in [0.05, 0.1) is 5.69 Å². The fraction of sp³-hybridized carbons (Fsp3) is 0.391. The third-order valence-electron chi connectivity index (χ3n) is 5.34. The number of aromatic nitrogens is 2. The normalized spacial score (nSPS) is 14.4. The van der Waals surface area contributed by atoms with Crippen molar-refractivity contribution in [2.75, 3.05) is 0 Å². The minimum absolute atomic E-state index is 0.00738. The van der Waals surface area contributed by atoms with E-state index in [0.29, 0.717) is 12.0 Å². The molecule has 1 aliphatic carbocycles. The summed E-state index contributed by atoms with van der Waals surface area (Å²) in [6, 6.07) is 15.1. The second kappa shape index (κ2) is 7.28. The molecular weight excluding hydrogens is 334 g/mol. The lowest BCUT2D eigenvalue weighted by atomic mass is 10.0. The Kier molecular flexibility index (Phi) is 4.83. The van der Waals surface area contributed by atoms with E-state index >= 15 is 0 Å². The Balaban J connectivity index is 1.57. The highest BCUT2D eigenvalue weighted by molar-refractivity contribution is 5.41. The first kappa shape index (κ1) is 17.9. The molecule has 1 fully saturated rings. The Bertz CT molecular complexity index is 1000. The van der Waals surface area contributed by atoms with E-state index in [-0.39, 0.29) is 5.56 Å². The van der Waals surface area contributed by atoms with E-state index in [1.165, 1.54) is 24.0 Å². The Labute approximate surface area is 160 Å². The Morgan fingerprint density at radius 1 is 1.11 bits per heavy atom. The van der Waals surface area contributed by atoms with Crippen molar-refractivity contribution in [1.82, 2.24) is 14.3 Å². The van der Waals surface area contributed by atoms with Crippen molar-refractivity contribution in [3.8, 4) is 0 Å². The van der Waals surface area contributed by atoms with Gasteiger partial charge < -0.3 is 0 Å². The molecule has 4 heteroatoms. The Morgan fingerprint density at radius 2 is 1.85 bits per heavy atom. The van der Waals surface area contributed by atoms with Gasteiger partial charge in [-0.15, -0.1) is 0 Å². The van der Waals surface area contributed by atoms with Crippen LogP contribution in [0.25, 0.3) is 5.65 Å². The zero-order chi connectivity index (χ0) is 19.0. The molecule has 0 unspecified atom stereocenters. The smallest absolute Gasteiger partial charge is 0.258 e. The van der Waals surface area contributed by atoms with Crippen LogP contribution in [0.2, 0.25) is 0 Å². The largest absolute Gasteiger partial charge is 0.290 e. The molecule has 0 N–H and O–H groups in total. The first-order valence-electron chi connectivity index (χ1n) is 9.81. The van der Waals surface area contributed by atoms with Gasteiger partial charge in [0, 0.05) is 31.4 Å². The van der Waals surface area contributed by atoms with Crippen molar-refractivity contribution in [1.29, 1.82) is 0 Å². The van der Waals surface area contributed by atoms with E-state index in [2.05, 4.69) is 43.0 Å². The fourth-order valence-corrected chi connectivity index (χ4v) is 3.54. The number of nitrogens with zero attached hydrogens (tertiary/aromatic N) is 3. The molecule has 4 nitrogen and oxygen atoms in total. The number of pyridine rings is 1. The van der Waals surface area contributed by atoms with Gasteiger partial charge in [-0.1, -0.05) is 38.1 Å². The van der Waals surface area contributed by atoms with E-state index in [9.17, 15) is 4.79 Å². The van der Waals surface area contributed by atoms with E-state index in [4.69, 9.17) is 4.98 Å². The van der Waals surface area contributed by atoms with Crippen LogP contribution in [0.15, 0.2) is 53.5 Å².